The van der Waals surface area contributed by atoms with Crippen LogP contribution >= 0.6 is 0 Å². The molecule has 15 heavy (non-hydrogen) atoms. The van der Waals surface area contributed by atoms with Crippen molar-refractivity contribution >= 4 is 0 Å². The van der Waals surface area contributed by atoms with Crippen LogP contribution in [0, 0.1) is 11.3 Å². The Labute approximate surface area is 93.0 Å². The summed E-state index contributed by atoms with van der Waals surface area (Å²) in [6.45, 7) is 6.46. The molecule has 2 unspecified atom stereocenters. The molecule has 0 aromatic heterocycles. The molecule has 1 saturated heterocycles. The van der Waals surface area contributed by atoms with Gasteiger partial charge in [-0.1, -0.05) is 13.3 Å². The average Bonchev–Trinajstić information content (AvgIpc) is 2.63. The molecule has 0 aromatic rings. The molecule has 0 radical (unpaired) electrons. The lowest BCUT2D eigenvalue weighted by molar-refractivity contribution is 0.151. The second-order valence-corrected chi connectivity index (χ2v) is 5.49. The maximum absolute atomic E-state index is 5.48. The number of nitrogens with one attached hydrogen (secondary N) is 2. The number of hydrogen-bond acceptors (Lipinski definition) is 3. The van der Waals surface area contributed by atoms with Crippen molar-refractivity contribution in [1.82, 2.24) is 10.6 Å². The second-order valence-electron chi connectivity index (χ2n) is 5.49. The van der Waals surface area contributed by atoms with E-state index in [-0.39, 0.29) is 0 Å². The highest BCUT2D eigenvalue weighted by Crippen LogP contribution is 2.39. The highest BCUT2D eigenvalue weighted by molar-refractivity contribution is 4.87. The van der Waals surface area contributed by atoms with Gasteiger partial charge in [-0.3, -0.25) is 0 Å². The first-order valence-electron chi connectivity index (χ1n) is 6.19. The predicted octanol–water partition coefficient (Wildman–Crippen LogP) is 1.00. The molecule has 2 atom stereocenters. The number of likely N-dealkylation sites (N-methyl/N-ethyl adjacent to an activating group) is 1. The van der Waals surface area contributed by atoms with Crippen molar-refractivity contribution in [2.24, 2.45) is 11.3 Å². The van der Waals surface area contributed by atoms with Crippen molar-refractivity contribution in [1.29, 1.82) is 0 Å². The van der Waals surface area contributed by atoms with Gasteiger partial charge in [-0.25, -0.2) is 0 Å². The Morgan fingerprint density at radius 3 is 2.73 bits per heavy atom. The molecule has 1 heterocycles. The summed E-state index contributed by atoms with van der Waals surface area (Å²) >= 11 is 0. The summed E-state index contributed by atoms with van der Waals surface area (Å²) in [6.07, 6.45) is 4.22. The smallest absolute Gasteiger partial charge is 0.0623 e. The molecular weight excluding hydrogens is 188 g/mol. The topological polar surface area (TPSA) is 33.3 Å². The Morgan fingerprint density at radius 2 is 2.13 bits per heavy atom. The first kappa shape index (κ1) is 11.4. The summed E-state index contributed by atoms with van der Waals surface area (Å²) in [4.78, 5) is 0. The Bertz CT molecular complexity index is 204. The van der Waals surface area contributed by atoms with Crippen molar-refractivity contribution in [3.8, 4) is 0 Å². The molecule has 1 aliphatic carbocycles. The Hall–Kier alpha value is -0.120. The van der Waals surface area contributed by atoms with Gasteiger partial charge >= 0.3 is 0 Å². The van der Waals surface area contributed by atoms with E-state index in [0.29, 0.717) is 17.4 Å². The zero-order valence-electron chi connectivity index (χ0n) is 10.0. The van der Waals surface area contributed by atoms with Crippen LogP contribution in [0.25, 0.3) is 0 Å². The predicted molar refractivity (Wildman–Crippen MR) is 62.0 cm³/mol. The normalized spacial score (nSPS) is 34.0. The van der Waals surface area contributed by atoms with E-state index in [1.54, 1.807) is 0 Å². The van der Waals surface area contributed by atoms with Crippen LogP contribution in [0.1, 0.15) is 26.2 Å². The van der Waals surface area contributed by atoms with Crippen LogP contribution in [0.15, 0.2) is 0 Å². The van der Waals surface area contributed by atoms with E-state index in [1.807, 2.05) is 7.05 Å². The summed E-state index contributed by atoms with van der Waals surface area (Å²) in [7, 11) is 2.03. The van der Waals surface area contributed by atoms with Crippen LogP contribution in [0.5, 0.6) is 0 Å². The van der Waals surface area contributed by atoms with Gasteiger partial charge < -0.3 is 15.4 Å². The van der Waals surface area contributed by atoms with E-state index in [2.05, 4.69) is 17.6 Å². The van der Waals surface area contributed by atoms with Crippen molar-refractivity contribution in [3.63, 3.8) is 0 Å². The van der Waals surface area contributed by atoms with Gasteiger partial charge in [-0.05, 0) is 25.3 Å². The van der Waals surface area contributed by atoms with Gasteiger partial charge in [0.1, 0.15) is 0 Å². The molecule has 0 aromatic carbocycles. The fourth-order valence-corrected chi connectivity index (χ4v) is 2.64. The Morgan fingerprint density at radius 1 is 1.33 bits per heavy atom. The highest BCUT2D eigenvalue weighted by atomic mass is 16.5. The summed E-state index contributed by atoms with van der Waals surface area (Å²) in [5.74, 6) is 0.652. The van der Waals surface area contributed by atoms with Gasteiger partial charge in [0.05, 0.1) is 13.2 Å². The van der Waals surface area contributed by atoms with Crippen LogP contribution in [0.4, 0.5) is 0 Å². The number of ether oxygens (including phenoxy) is 1. The summed E-state index contributed by atoms with van der Waals surface area (Å²) in [5, 5.41) is 6.94. The standard InChI is InChI=1S/C12H24N2O/c1-12(4-3-5-12)9-14-6-10-7-15-8-11(10)13-2/h10-11,13-14H,3-9H2,1-2H3. The molecule has 88 valence electrons. The monoisotopic (exact) mass is 212 g/mol. The largest absolute Gasteiger partial charge is 0.379 e. The van der Waals surface area contributed by atoms with Gasteiger partial charge in [0.2, 0.25) is 0 Å². The van der Waals surface area contributed by atoms with E-state index >= 15 is 0 Å². The van der Waals surface area contributed by atoms with Crippen molar-refractivity contribution < 1.29 is 4.74 Å². The van der Waals surface area contributed by atoms with E-state index in [1.165, 1.54) is 25.8 Å². The minimum Gasteiger partial charge on any atom is -0.379 e. The van der Waals surface area contributed by atoms with Crippen LogP contribution in [-0.2, 0) is 4.74 Å². The molecular formula is C12H24N2O. The third-order valence-corrected chi connectivity index (χ3v) is 4.09. The first-order valence-corrected chi connectivity index (χ1v) is 6.19. The zero-order chi connectivity index (χ0) is 10.7. The highest BCUT2D eigenvalue weighted by Gasteiger charge is 2.32. The van der Waals surface area contributed by atoms with Crippen LogP contribution in [0.2, 0.25) is 0 Å². The first-order chi connectivity index (χ1) is 7.23. The van der Waals surface area contributed by atoms with Gasteiger partial charge in [0.25, 0.3) is 0 Å². The maximum Gasteiger partial charge on any atom is 0.0623 e. The van der Waals surface area contributed by atoms with Gasteiger partial charge in [0, 0.05) is 25.0 Å². The maximum atomic E-state index is 5.48. The second kappa shape index (κ2) is 4.81. The molecule has 2 rings (SSSR count). The quantitative estimate of drug-likeness (QED) is 0.713. The summed E-state index contributed by atoms with van der Waals surface area (Å²) in [5.41, 5.74) is 0.592. The van der Waals surface area contributed by atoms with E-state index in [0.717, 1.165) is 19.8 Å². The van der Waals surface area contributed by atoms with Gasteiger partial charge in [0.15, 0.2) is 0 Å². The SMILES string of the molecule is CNC1COCC1CNCC1(C)CCC1. The van der Waals surface area contributed by atoms with E-state index < -0.39 is 0 Å². The van der Waals surface area contributed by atoms with Gasteiger partial charge in [-0.2, -0.15) is 0 Å². The molecule has 2 N–H and O–H groups in total. The van der Waals surface area contributed by atoms with Crippen LogP contribution in [0.3, 0.4) is 0 Å². The minimum absolute atomic E-state index is 0.548. The van der Waals surface area contributed by atoms with Crippen molar-refractivity contribution in [2.45, 2.75) is 32.2 Å². The Kier molecular flexibility index (Phi) is 3.65. The molecule has 2 aliphatic rings. The summed E-state index contributed by atoms with van der Waals surface area (Å²) < 4.78 is 5.48. The number of rotatable bonds is 5. The zero-order valence-corrected chi connectivity index (χ0v) is 10.0. The lowest BCUT2D eigenvalue weighted by Gasteiger charge is -2.39. The third kappa shape index (κ3) is 2.71. The summed E-state index contributed by atoms with van der Waals surface area (Å²) in [6, 6.07) is 0.548. The lowest BCUT2D eigenvalue weighted by Crippen LogP contribution is -2.43. The van der Waals surface area contributed by atoms with Crippen LogP contribution < -0.4 is 10.6 Å². The fourth-order valence-electron chi connectivity index (χ4n) is 2.64. The number of hydrogen-bond donors (Lipinski definition) is 2. The Balaban J connectivity index is 1.64. The van der Waals surface area contributed by atoms with Crippen molar-refractivity contribution in [3.05, 3.63) is 0 Å². The molecule has 3 nitrogen and oxygen atoms in total. The molecule has 0 bridgehead atoms. The molecule has 1 saturated carbocycles. The van der Waals surface area contributed by atoms with E-state index in [4.69, 9.17) is 4.74 Å². The van der Waals surface area contributed by atoms with Crippen molar-refractivity contribution in [2.75, 3.05) is 33.4 Å². The molecule has 0 amide bonds. The fraction of sp³-hybridized carbons (Fsp3) is 1.00. The molecule has 0 spiro atoms. The van der Waals surface area contributed by atoms with E-state index in [9.17, 15) is 0 Å². The third-order valence-electron chi connectivity index (χ3n) is 4.09. The molecule has 3 heteroatoms. The average molecular weight is 212 g/mol. The lowest BCUT2D eigenvalue weighted by atomic mass is 9.70. The van der Waals surface area contributed by atoms with Gasteiger partial charge in [-0.15, -0.1) is 0 Å². The molecule has 2 fully saturated rings. The molecule has 1 aliphatic heterocycles. The minimum atomic E-state index is 0.548. The van der Waals surface area contributed by atoms with Crippen LogP contribution in [-0.4, -0.2) is 39.4 Å².